The molecule has 0 bridgehead atoms. The summed E-state index contributed by atoms with van der Waals surface area (Å²) in [6, 6.07) is 66.0. The third-order valence-electron chi connectivity index (χ3n) is 11.6. The van der Waals surface area contributed by atoms with Gasteiger partial charge >= 0.3 is 0 Å². The zero-order valence-corrected chi connectivity index (χ0v) is 35.3. The van der Waals surface area contributed by atoms with Crippen LogP contribution in [0.15, 0.2) is 182 Å². The van der Waals surface area contributed by atoms with Crippen LogP contribution in [0.25, 0.3) is 43.8 Å². The van der Waals surface area contributed by atoms with Gasteiger partial charge < -0.3 is 0 Å². The Bertz CT molecular complexity index is 2730. The van der Waals surface area contributed by atoms with Crippen molar-refractivity contribution in [2.24, 2.45) is 0 Å². The maximum atomic E-state index is 5.07. The zero-order valence-electron chi connectivity index (χ0n) is 35.3. The molecule has 4 heteroatoms. The number of aromatic nitrogens is 2. The fourth-order valence-electron chi connectivity index (χ4n) is 8.46. The number of rotatable bonds is 10. The van der Waals surface area contributed by atoms with Crippen LogP contribution in [0.2, 0.25) is 0 Å². The number of fused-ring (bicyclic) bond motifs is 2. The van der Waals surface area contributed by atoms with Crippen LogP contribution in [0.1, 0.15) is 62.0 Å². The molecule has 9 aromatic rings. The molecule has 0 aliphatic rings. The van der Waals surface area contributed by atoms with E-state index in [0.29, 0.717) is 11.8 Å². The minimum absolute atomic E-state index is 0.439. The van der Waals surface area contributed by atoms with Crippen molar-refractivity contribution >= 4 is 55.9 Å². The molecule has 0 aliphatic carbocycles. The molecule has 0 amide bonds. The lowest BCUT2D eigenvalue weighted by Gasteiger charge is -2.27. The van der Waals surface area contributed by atoms with Crippen molar-refractivity contribution in [1.82, 2.24) is 9.97 Å². The van der Waals surface area contributed by atoms with E-state index in [1.165, 1.54) is 54.9 Å². The van der Waals surface area contributed by atoms with E-state index in [2.05, 4.69) is 233 Å². The van der Waals surface area contributed by atoms with E-state index in [1.807, 2.05) is 0 Å². The van der Waals surface area contributed by atoms with E-state index in [4.69, 9.17) is 9.97 Å². The molecule has 7 aromatic carbocycles. The van der Waals surface area contributed by atoms with Gasteiger partial charge in [-0.1, -0.05) is 137 Å². The van der Waals surface area contributed by atoms with E-state index in [1.54, 1.807) is 0 Å². The normalized spacial score (nSPS) is 11.5. The molecular weight excluding hydrogens is 729 g/mol. The number of benzene rings is 7. The molecule has 60 heavy (non-hydrogen) atoms. The molecule has 0 N–H and O–H groups in total. The van der Waals surface area contributed by atoms with Crippen LogP contribution in [0, 0.1) is 13.8 Å². The van der Waals surface area contributed by atoms with Crippen molar-refractivity contribution < 1.29 is 0 Å². The zero-order chi connectivity index (χ0) is 41.3. The molecule has 0 saturated carbocycles. The van der Waals surface area contributed by atoms with E-state index in [0.717, 1.165) is 45.8 Å². The van der Waals surface area contributed by atoms with Gasteiger partial charge in [-0.15, -0.1) is 0 Å². The van der Waals surface area contributed by atoms with Gasteiger partial charge in [0.05, 0.1) is 0 Å². The van der Waals surface area contributed by atoms with E-state index in [-0.39, 0.29) is 0 Å². The second-order valence-corrected chi connectivity index (χ2v) is 16.4. The summed E-state index contributed by atoms with van der Waals surface area (Å²) in [5.74, 6) is 2.64. The van der Waals surface area contributed by atoms with Gasteiger partial charge in [-0.2, -0.15) is 0 Å². The molecule has 0 saturated heterocycles. The number of hydrogen-bond donors (Lipinski definition) is 0. The minimum atomic E-state index is 0.439. The van der Waals surface area contributed by atoms with Crippen LogP contribution in [0.5, 0.6) is 0 Å². The van der Waals surface area contributed by atoms with Crippen molar-refractivity contribution in [2.45, 2.75) is 53.4 Å². The Labute approximate surface area is 354 Å². The van der Waals surface area contributed by atoms with Crippen LogP contribution in [0.4, 0.5) is 34.4 Å². The third-order valence-corrected chi connectivity index (χ3v) is 11.6. The van der Waals surface area contributed by atoms with Gasteiger partial charge in [0.15, 0.2) is 0 Å². The summed E-state index contributed by atoms with van der Waals surface area (Å²) in [5.41, 5.74) is 13.5. The minimum Gasteiger partial charge on any atom is -0.295 e. The van der Waals surface area contributed by atoms with Crippen LogP contribution in [-0.2, 0) is 0 Å². The van der Waals surface area contributed by atoms with Crippen molar-refractivity contribution in [1.29, 1.82) is 0 Å². The molecule has 0 unspecified atom stereocenters. The highest BCUT2D eigenvalue weighted by Gasteiger charge is 2.23. The van der Waals surface area contributed by atoms with Crippen molar-refractivity contribution in [2.75, 3.05) is 9.80 Å². The van der Waals surface area contributed by atoms with Crippen LogP contribution in [-0.4, -0.2) is 9.97 Å². The quantitative estimate of drug-likeness (QED) is 0.129. The summed E-state index contributed by atoms with van der Waals surface area (Å²) < 4.78 is 0. The molecule has 0 radical (unpaired) electrons. The molecule has 0 fully saturated rings. The van der Waals surface area contributed by atoms with Crippen LogP contribution in [0.3, 0.4) is 0 Å². The molecule has 294 valence electrons. The van der Waals surface area contributed by atoms with Crippen LogP contribution < -0.4 is 9.80 Å². The molecule has 0 spiro atoms. The molecule has 4 nitrogen and oxygen atoms in total. The van der Waals surface area contributed by atoms with Gasteiger partial charge in [-0.25, -0.2) is 9.97 Å². The molecule has 9 rings (SSSR count). The average molecular weight is 779 g/mol. The van der Waals surface area contributed by atoms with Crippen molar-refractivity contribution in [3.8, 4) is 22.3 Å². The van der Waals surface area contributed by atoms with Crippen LogP contribution >= 0.6 is 0 Å². The second-order valence-electron chi connectivity index (χ2n) is 16.4. The van der Waals surface area contributed by atoms with Gasteiger partial charge in [0.2, 0.25) is 0 Å². The Hall–Kier alpha value is -7.04. The summed E-state index contributed by atoms with van der Waals surface area (Å²) >= 11 is 0. The Balaban J connectivity index is 1.34. The average Bonchev–Trinajstić information content (AvgIpc) is 3.27. The standard InChI is InChI=1S/C56H50N4/c1-37(2)41-23-27-45(28-24-41)59(53-21-13-15-39(5)57-53)47-31-33-49-51(35-47)55(43-17-9-7-10-18-43)50-34-32-48(36-52(50)56(49)44-19-11-8-12-20-44)60(54-22-14-16-40(6)58-54)46-29-25-42(26-30-46)38(3)4/h7-38H,1-6H3. The molecule has 0 aliphatic heterocycles. The lowest BCUT2D eigenvalue weighted by atomic mass is 9.85. The molecule has 0 atom stereocenters. The van der Waals surface area contributed by atoms with Gasteiger partial charge in [-0.3, -0.25) is 9.80 Å². The Kier molecular flexibility index (Phi) is 10.5. The Morgan fingerprint density at radius 1 is 0.350 bits per heavy atom. The Morgan fingerprint density at radius 3 is 1.07 bits per heavy atom. The maximum Gasteiger partial charge on any atom is 0.137 e. The first-order chi connectivity index (χ1) is 29.2. The lowest BCUT2D eigenvalue weighted by molar-refractivity contribution is 0.866. The highest BCUT2D eigenvalue weighted by atomic mass is 15.2. The van der Waals surface area contributed by atoms with E-state index in [9.17, 15) is 0 Å². The molecular formula is C56H50N4. The largest absolute Gasteiger partial charge is 0.295 e. The summed E-state index contributed by atoms with van der Waals surface area (Å²) in [4.78, 5) is 14.7. The first-order valence-electron chi connectivity index (χ1n) is 21.1. The summed E-state index contributed by atoms with van der Waals surface area (Å²) in [6.07, 6.45) is 0. The highest BCUT2D eigenvalue weighted by Crippen LogP contribution is 2.48. The molecule has 2 heterocycles. The summed E-state index contributed by atoms with van der Waals surface area (Å²) in [5, 5.41) is 4.72. The van der Waals surface area contributed by atoms with Gasteiger partial charge in [0.25, 0.3) is 0 Å². The highest BCUT2D eigenvalue weighted by molar-refractivity contribution is 6.22. The monoisotopic (exact) mass is 778 g/mol. The SMILES string of the molecule is Cc1cccc(N(c2ccc(C(C)C)cc2)c2ccc3c(-c4ccccc4)c4cc(N(c5ccc(C(C)C)cc5)c5cccc(C)n5)ccc4c(-c4ccccc4)c3c2)n1. The fraction of sp³-hybridized carbons (Fsp3) is 0.143. The fourth-order valence-corrected chi connectivity index (χ4v) is 8.46. The summed E-state index contributed by atoms with van der Waals surface area (Å²) in [7, 11) is 0. The van der Waals surface area contributed by atoms with Crippen molar-refractivity contribution in [3.05, 3.63) is 205 Å². The van der Waals surface area contributed by atoms with Gasteiger partial charge in [0.1, 0.15) is 11.6 Å². The lowest BCUT2D eigenvalue weighted by Crippen LogP contribution is -2.12. The first kappa shape index (κ1) is 38.5. The first-order valence-corrected chi connectivity index (χ1v) is 21.1. The number of anilines is 6. The van der Waals surface area contributed by atoms with Gasteiger partial charge in [-0.05, 0) is 153 Å². The second kappa shape index (κ2) is 16.3. The number of nitrogens with zero attached hydrogens (tertiary/aromatic N) is 4. The third kappa shape index (κ3) is 7.42. The maximum absolute atomic E-state index is 5.07. The van der Waals surface area contributed by atoms with E-state index >= 15 is 0 Å². The topological polar surface area (TPSA) is 32.3 Å². The van der Waals surface area contributed by atoms with Crippen molar-refractivity contribution in [3.63, 3.8) is 0 Å². The summed E-state index contributed by atoms with van der Waals surface area (Å²) in [6.45, 7) is 13.1. The Morgan fingerprint density at radius 2 is 0.717 bits per heavy atom. The smallest absolute Gasteiger partial charge is 0.137 e. The number of aryl methyl sites for hydroxylation is 2. The predicted octanol–water partition coefficient (Wildman–Crippen LogP) is 15.9. The predicted molar refractivity (Wildman–Crippen MR) is 255 cm³/mol. The molecule has 2 aromatic heterocycles. The number of hydrogen-bond acceptors (Lipinski definition) is 4. The van der Waals surface area contributed by atoms with Gasteiger partial charge in [0, 0.05) is 34.1 Å². The van der Waals surface area contributed by atoms with E-state index < -0.39 is 0 Å². The number of pyridine rings is 2.